The van der Waals surface area contributed by atoms with Gasteiger partial charge in [0.15, 0.2) is 5.79 Å². The Balaban J connectivity index is 1.75. The molecule has 3 rings (SSSR count). The van der Waals surface area contributed by atoms with Crippen LogP contribution in [0, 0.1) is 0 Å². The third-order valence-electron chi connectivity index (χ3n) is 4.03. The second kappa shape index (κ2) is 5.31. The van der Waals surface area contributed by atoms with Crippen molar-refractivity contribution in [3.8, 4) is 0 Å². The normalized spacial score (nSPS) is 30.9. The fourth-order valence-corrected chi connectivity index (χ4v) is 3.34. The highest BCUT2D eigenvalue weighted by Crippen LogP contribution is 2.42. The molecule has 6 heteroatoms. The van der Waals surface area contributed by atoms with Crippen LogP contribution in [0.5, 0.6) is 0 Å². The summed E-state index contributed by atoms with van der Waals surface area (Å²) in [6.45, 7) is 6.48. The van der Waals surface area contributed by atoms with Crippen LogP contribution in [0.25, 0.3) is 10.4 Å². The molecule has 0 bridgehead atoms. The number of nitrogens with zero attached hydrogens (tertiary/aromatic N) is 4. The SMILES string of the molecule is CC1(C)OC2CN(Cc3ccccc3)CC2(CN=[N+]=[N-])O1. The Kier molecular flexibility index (Phi) is 3.63. The molecule has 2 saturated heterocycles. The maximum atomic E-state index is 8.62. The summed E-state index contributed by atoms with van der Waals surface area (Å²) >= 11 is 0. The topological polar surface area (TPSA) is 70.5 Å². The van der Waals surface area contributed by atoms with Gasteiger partial charge in [-0.1, -0.05) is 35.4 Å². The first-order valence-corrected chi connectivity index (χ1v) is 7.18. The van der Waals surface area contributed by atoms with Crippen LogP contribution >= 0.6 is 0 Å². The van der Waals surface area contributed by atoms with Gasteiger partial charge in [0.05, 0.1) is 6.54 Å². The van der Waals surface area contributed by atoms with Gasteiger partial charge in [-0.3, -0.25) is 4.90 Å². The molecule has 1 aromatic rings. The van der Waals surface area contributed by atoms with Gasteiger partial charge in [-0.25, -0.2) is 0 Å². The molecule has 2 aliphatic rings. The Labute approximate surface area is 124 Å². The standard InChI is InChI=1S/C15H20N4O2/c1-14(2)20-13-9-19(8-12-6-4-3-5-7-12)11-15(13,21-14)10-17-18-16/h3-7,13H,8-11H2,1-2H3. The molecule has 0 saturated carbocycles. The van der Waals surface area contributed by atoms with Crippen LogP contribution in [-0.4, -0.2) is 42.0 Å². The number of benzene rings is 1. The maximum Gasteiger partial charge on any atom is 0.164 e. The van der Waals surface area contributed by atoms with E-state index in [4.69, 9.17) is 15.0 Å². The molecule has 0 aromatic heterocycles. The van der Waals surface area contributed by atoms with E-state index in [2.05, 4.69) is 27.1 Å². The number of ether oxygens (including phenoxy) is 2. The lowest BCUT2D eigenvalue weighted by Gasteiger charge is -2.28. The second-order valence-corrected chi connectivity index (χ2v) is 6.22. The molecule has 2 aliphatic heterocycles. The fraction of sp³-hybridized carbons (Fsp3) is 0.600. The van der Waals surface area contributed by atoms with Crippen molar-refractivity contribution in [3.05, 3.63) is 46.3 Å². The molecule has 21 heavy (non-hydrogen) atoms. The summed E-state index contributed by atoms with van der Waals surface area (Å²) in [5, 5.41) is 3.74. The number of hydrogen-bond acceptors (Lipinski definition) is 4. The molecular weight excluding hydrogens is 268 g/mol. The Morgan fingerprint density at radius 2 is 2.14 bits per heavy atom. The molecule has 6 nitrogen and oxygen atoms in total. The van der Waals surface area contributed by atoms with Crippen LogP contribution in [0.4, 0.5) is 0 Å². The van der Waals surface area contributed by atoms with Gasteiger partial charge in [0.25, 0.3) is 0 Å². The summed E-state index contributed by atoms with van der Waals surface area (Å²) in [5.74, 6) is -0.617. The summed E-state index contributed by atoms with van der Waals surface area (Å²) in [6, 6.07) is 10.3. The number of azide groups is 1. The minimum absolute atomic E-state index is 0.0540. The van der Waals surface area contributed by atoms with E-state index >= 15 is 0 Å². The monoisotopic (exact) mass is 288 g/mol. The molecule has 1 aromatic carbocycles. The van der Waals surface area contributed by atoms with E-state index in [1.54, 1.807) is 0 Å². The van der Waals surface area contributed by atoms with Crippen molar-refractivity contribution in [1.29, 1.82) is 0 Å². The Hall–Kier alpha value is -1.59. The minimum atomic E-state index is -0.617. The smallest absolute Gasteiger partial charge is 0.164 e. The van der Waals surface area contributed by atoms with Crippen molar-refractivity contribution in [3.63, 3.8) is 0 Å². The van der Waals surface area contributed by atoms with Gasteiger partial charge in [-0.15, -0.1) is 0 Å². The molecular formula is C15H20N4O2. The first-order chi connectivity index (χ1) is 10.0. The average molecular weight is 288 g/mol. The average Bonchev–Trinajstić information content (AvgIpc) is 2.85. The highest BCUT2D eigenvalue weighted by atomic mass is 16.8. The molecule has 0 N–H and O–H groups in total. The van der Waals surface area contributed by atoms with Crippen LogP contribution in [0.15, 0.2) is 35.4 Å². The molecule has 2 heterocycles. The highest BCUT2D eigenvalue weighted by molar-refractivity contribution is 5.16. The number of likely N-dealkylation sites (tertiary alicyclic amines) is 1. The van der Waals surface area contributed by atoms with Crippen LogP contribution in [0.1, 0.15) is 19.4 Å². The molecule has 0 amide bonds. The first-order valence-electron chi connectivity index (χ1n) is 7.18. The highest BCUT2D eigenvalue weighted by Gasteiger charge is 2.57. The first kappa shape index (κ1) is 14.4. The van der Waals surface area contributed by atoms with E-state index in [1.165, 1.54) is 5.56 Å². The quantitative estimate of drug-likeness (QED) is 0.486. The lowest BCUT2D eigenvalue weighted by atomic mass is 10.0. The van der Waals surface area contributed by atoms with E-state index < -0.39 is 11.4 Å². The van der Waals surface area contributed by atoms with Gasteiger partial charge >= 0.3 is 0 Å². The van der Waals surface area contributed by atoms with Crippen LogP contribution in [0.3, 0.4) is 0 Å². The fourth-order valence-electron chi connectivity index (χ4n) is 3.34. The summed E-state index contributed by atoms with van der Waals surface area (Å²) < 4.78 is 12.1. The largest absolute Gasteiger partial charge is 0.343 e. The Morgan fingerprint density at radius 3 is 2.86 bits per heavy atom. The molecule has 2 unspecified atom stereocenters. The summed E-state index contributed by atoms with van der Waals surface area (Å²) in [4.78, 5) is 5.18. The van der Waals surface area contributed by atoms with Crippen LogP contribution in [0.2, 0.25) is 0 Å². The molecule has 112 valence electrons. The van der Waals surface area contributed by atoms with Gasteiger partial charge in [-0.2, -0.15) is 0 Å². The van der Waals surface area contributed by atoms with Crippen molar-refractivity contribution in [1.82, 2.24) is 4.90 Å². The van der Waals surface area contributed by atoms with E-state index in [-0.39, 0.29) is 6.10 Å². The van der Waals surface area contributed by atoms with Gasteiger partial charge < -0.3 is 9.47 Å². The maximum absolute atomic E-state index is 8.62. The molecule has 0 radical (unpaired) electrons. The number of hydrogen-bond donors (Lipinski definition) is 0. The van der Waals surface area contributed by atoms with Gasteiger partial charge in [-0.05, 0) is 24.9 Å². The molecule has 2 fully saturated rings. The zero-order chi connectivity index (χ0) is 14.9. The van der Waals surface area contributed by atoms with E-state index in [0.29, 0.717) is 6.54 Å². The van der Waals surface area contributed by atoms with Gasteiger partial charge in [0.1, 0.15) is 11.7 Å². The zero-order valence-electron chi connectivity index (χ0n) is 12.4. The molecule has 2 atom stereocenters. The predicted octanol–water partition coefficient (Wildman–Crippen LogP) is 2.70. The van der Waals surface area contributed by atoms with Crippen molar-refractivity contribution >= 4 is 0 Å². The predicted molar refractivity (Wildman–Crippen MR) is 78.5 cm³/mol. The summed E-state index contributed by atoms with van der Waals surface area (Å²) in [6.07, 6.45) is -0.0540. The van der Waals surface area contributed by atoms with Crippen LogP contribution in [-0.2, 0) is 16.0 Å². The molecule has 0 spiro atoms. The summed E-state index contributed by atoms with van der Waals surface area (Å²) in [7, 11) is 0. The summed E-state index contributed by atoms with van der Waals surface area (Å²) in [5.41, 5.74) is 9.36. The Bertz CT molecular complexity index is 556. The number of rotatable bonds is 4. The van der Waals surface area contributed by atoms with Crippen molar-refractivity contribution in [2.24, 2.45) is 5.11 Å². The van der Waals surface area contributed by atoms with Crippen molar-refractivity contribution < 1.29 is 9.47 Å². The minimum Gasteiger partial charge on any atom is -0.343 e. The number of fused-ring (bicyclic) bond motifs is 1. The second-order valence-electron chi connectivity index (χ2n) is 6.22. The van der Waals surface area contributed by atoms with E-state index in [9.17, 15) is 0 Å². The van der Waals surface area contributed by atoms with Crippen molar-refractivity contribution in [2.45, 2.75) is 37.9 Å². The molecule has 0 aliphatic carbocycles. The van der Waals surface area contributed by atoms with Crippen LogP contribution < -0.4 is 0 Å². The van der Waals surface area contributed by atoms with E-state index in [1.807, 2.05) is 32.0 Å². The van der Waals surface area contributed by atoms with Gasteiger partial charge in [0.2, 0.25) is 0 Å². The third kappa shape index (κ3) is 2.89. The van der Waals surface area contributed by atoms with Crippen molar-refractivity contribution in [2.75, 3.05) is 19.6 Å². The lowest BCUT2D eigenvalue weighted by molar-refractivity contribution is -0.171. The zero-order valence-corrected chi connectivity index (χ0v) is 12.4. The lowest BCUT2D eigenvalue weighted by Crippen LogP contribution is -2.43. The third-order valence-corrected chi connectivity index (χ3v) is 4.03. The van der Waals surface area contributed by atoms with Gasteiger partial charge in [0, 0.05) is 24.5 Å². The van der Waals surface area contributed by atoms with E-state index in [0.717, 1.165) is 19.6 Å². The Morgan fingerprint density at radius 1 is 1.38 bits per heavy atom.